The molecule has 0 bridgehead atoms. The summed E-state index contributed by atoms with van der Waals surface area (Å²) in [4.78, 5) is 4.44. The Hall–Kier alpha value is -1.88. The maximum Gasteiger partial charge on any atom is 0.152 e. The standard InChI is InChI=1S/C16H17BrN4/c1-11(2)14-9-15-16(18-7-8-21(15)20-14)19-10-12-5-3-4-6-13(12)17/h3-9,11H,10H2,1-2H3,(H,18,19). The second-order valence-corrected chi connectivity index (χ2v) is 6.13. The molecule has 2 aromatic heterocycles. The molecule has 0 radical (unpaired) electrons. The van der Waals surface area contributed by atoms with Gasteiger partial charge in [0.05, 0.1) is 5.69 Å². The fourth-order valence-electron chi connectivity index (χ4n) is 2.18. The van der Waals surface area contributed by atoms with Crippen LogP contribution in [0.4, 0.5) is 5.82 Å². The SMILES string of the molecule is CC(C)c1cc2c(NCc3ccccc3Br)nccn2n1. The average Bonchev–Trinajstić information content (AvgIpc) is 2.91. The fourth-order valence-corrected chi connectivity index (χ4v) is 2.61. The first-order valence-corrected chi connectivity index (χ1v) is 7.76. The lowest BCUT2D eigenvalue weighted by atomic mass is 10.1. The minimum Gasteiger partial charge on any atom is -0.364 e. The predicted molar refractivity (Wildman–Crippen MR) is 88.5 cm³/mol. The zero-order chi connectivity index (χ0) is 14.8. The van der Waals surface area contributed by atoms with E-state index in [1.54, 1.807) is 6.20 Å². The van der Waals surface area contributed by atoms with Crippen LogP contribution in [0.2, 0.25) is 0 Å². The quantitative estimate of drug-likeness (QED) is 0.770. The Morgan fingerprint density at radius 2 is 2.10 bits per heavy atom. The number of halogens is 1. The van der Waals surface area contributed by atoms with Crippen molar-refractivity contribution in [2.24, 2.45) is 0 Å². The molecule has 21 heavy (non-hydrogen) atoms. The second kappa shape index (κ2) is 5.85. The summed E-state index contributed by atoms with van der Waals surface area (Å²) in [6.07, 6.45) is 3.65. The van der Waals surface area contributed by atoms with Gasteiger partial charge >= 0.3 is 0 Å². The van der Waals surface area contributed by atoms with Gasteiger partial charge in [-0.2, -0.15) is 5.10 Å². The number of fused-ring (bicyclic) bond motifs is 1. The highest BCUT2D eigenvalue weighted by Gasteiger charge is 2.09. The molecular weight excluding hydrogens is 328 g/mol. The highest BCUT2D eigenvalue weighted by Crippen LogP contribution is 2.22. The van der Waals surface area contributed by atoms with E-state index in [0.717, 1.165) is 28.0 Å². The number of aromatic nitrogens is 3. The van der Waals surface area contributed by atoms with E-state index in [0.29, 0.717) is 5.92 Å². The number of nitrogens with one attached hydrogen (secondary N) is 1. The molecule has 5 heteroatoms. The summed E-state index contributed by atoms with van der Waals surface area (Å²) < 4.78 is 2.98. The van der Waals surface area contributed by atoms with Gasteiger partial charge in [0.25, 0.3) is 0 Å². The molecule has 0 fully saturated rings. The second-order valence-electron chi connectivity index (χ2n) is 5.27. The molecule has 4 nitrogen and oxygen atoms in total. The molecule has 1 aromatic carbocycles. The summed E-state index contributed by atoms with van der Waals surface area (Å²) in [6, 6.07) is 10.3. The topological polar surface area (TPSA) is 42.2 Å². The molecular formula is C16H17BrN4. The van der Waals surface area contributed by atoms with Crippen molar-refractivity contribution in [2.75, 3.05) is 5.32 Å². The molecule has 1 N–H and O–H groups in total. The Bertz CT molecular complexity index is 764. The molecule has 108 valence electrons. The maximum atomic E-state index is 4.57. The van der Waals surface area contributed by atoms with Gasteiger partial charge in [-0.3, -0.25) is 0 Å². The Labute approximate surface area is 132 Å². The monoisotopic (exact) mass is 344 g/mol. The van der Waals surface area contributed by atoms with E-state index < -0.39 is 0 Å². The Kier molecular flexibility index (Phi) is 3.92. The van der Waals surface area contributed by atoms with Crippen LogP contribution in [0.25, 0.3) is 5.52 Å². The first-order valence-electron chi connectivity index (χ1n) is 6.96. The highest BCUT2D eigenvalue weighted by molar-refractivity contribution is 9.10. The van der Waals surface area contributed by atoms with Crippen molar-refractivity contribution in [1.29, 1.82) is 0 Å². The summed E-state index contributed by atoms with van der Waals surface area (Å²) in [5.41, 5.74) is 3.28. The van der Waals surface area contributed by atoms with Crippen LogP contribution in [0, 0.1) is 0 Å². The van der Waals surface area contributed by atoms with E-state index in [1.807, 2.05) is 28.9 Å². The number of nitrogens with zero attached hydrogens (tertiary/aromatic N) is 3. The van der Waals surface area contributed by atoms with E-state index in [1.165, 1.54) is 5.56 Å². The summed E-state index contributed by atoms with van der Waals surface area (Å²) >= 11 is 3.56. The third kappa shape index (κ3) is 2.93. The van der Waals surface area contributed by atoms with Crippen molar-refractivity contribution in [3.8, 4) is 0 Å². The average molecular weight is 345 g/mol. The molecule has 0 aliphatic carbocycles. The van der Waals surface area contributed by atoms with Crippen molar-refractivity contribution in [1.82, 2.24) is 14.6 Å². The molecule has 0 saturated carbocycles. The zero-order valence-electron chi connectivity index (χ0n) is 12.0. The Morgan fingerprint density at radius 1 is 1.29 bits per heavy atom. The molecule has 0 saturated heterocycles. The van der Waals surface area contributed by atoms with Crippen LogP contribution in [0.5, 0.6) is 0 Å². The fraction of sp³-hybridized carbons (Fsp3) is 0.250. The van der Waals surface area contributed by atoms with E-state index in [9.17, 15) is 0 Å². The smallest absolute Gasteiger partial charge is 0.152 e. The zero-order valence-corrected chi connectivity index (χ0v) is 13.6. The Morgan fingerprint density at radius 3 is 2.86 bits per heavy atom. The van der Waals surface area contributed by atoms with Crippen LogP contribution in [-0.2, 0) is 6.54 Å². The molecule has 0 aliphatic rings. The number of hydrogen-bond donors (Lipinski definition) is 1. The summed E-state index contributed by atoms with van der Waals surface area (Å²) in [5.74, 6) is 1.26. The van der Waals surface area contributed by atoms with Crippen molar-refractivity contribution >= 4 is 27.3 Å². The normalized spacial score (nSPS) is 11.2. The van der Waals surface area contributed by atoms with Crippen molar-refractivity contribution in [2.45, 2.75) is 26.3 Å². The van der Waals surface area contributed by atoms with Crippen LogP contribution in [-0.4, -0.2) is 14.6 Å². The Balaban J connectivity index is 1.88. The van der Waals surface area contributed by atoms with Crippen molar-refractivity contribution in [3.63, 3.8) is 0 Å². The summed E-state index contributed by atoms with van der Waals surface area (Å²) in [5, 5.41) is 7.97. The van der Waals surface area contributed by atoms with E-state index in [-0.39, 0.29) is 0 Å². The third-order valence-electron chi connectivity index (χ3n) is 3.40. The molecule has 3 aromatic rings. The highest BCUT2D eigenvalue weighted by atomic mass is 79.9. The molecule has 0 unspecified atom stereocenters. The molecule has 0 spiro atoms. The van der Waals surface area contributed by atoms with Crippen LogP contribution < -0.4 is 5.32 Å². The minimum atomic E-state index is 0.404. The van der Waals surface area contributed by atoms with Crippen LogP contribution >= 0.6 is 15.9 Å². The molecule has 2 heterocycles. The molecule has 0 atom stereocenters. The first-order chi connectivity index (χ1) is 10.1. The first kappa shape index (κ1) is 14.1. The predicted octanol–water partition coefficient (Wildman–Crippen LogP) is 4.23. The number of benzene rings is 1. The van der Waals surface area contributed by atoms with Gasteiger partial charge < -0.3 is 5.32 Å². The van der Waals surface area contributed by atoms with Gasteiger partial charge in [-0.05, 0) is 23.6 Å². The van der Waals surface area contributed by atoms with Gasteiger partial charge in [0, 0.05) is 23.4 Å². The van der Waals surface area contributed by atoms with Crippen LogP contribution in [0.3, 0.4) is 0 Å². The third-order valence-corrected chi connectivity index (χ3v) is 4.18. The molecule has 0 aliphatic heterocycles. The van der Waals surface area contributed by atoms with Gasteiger partial charge in [0.2, 0.25) is 0 Å². The van der Waals surface area contributed by atoms with E-state index >= 15 is 0 Å². The summed E-state index contributed by atoms with van der Waals surface area (Å²) in [7, 11) is 0. The molecule has 0 amide bonds. The van der Waals surface area contributed by atoms with Crippen molar-refractivity contribution < 1.29 is 0 Å². The van der Waals surface area contributed by atoms with E-state index in [2.05, 4.69) is 57.3 Å². The largest absolute Gasteiger partial charge is 0.364 e. The lowest BCUT2D eigenvalue weighted by Gasteiger charge is -2.08. The van der Waals surface area contributed by atoms with Gasteiger partial charge in [-0.25, -0.2) is 9.50 Å². The number of hydrogen-bond acceptors (Lipinski definition) is 3. The molecule has 3 rings (SSSR count). The van der Waals surface area contributed by atoms with Crippen LogP contribution in [0.1, 0.15) is 31.0 Å². The van der Waals surface area contributed by atoms with Gasteiger partial charge in [0.1, 0.15) is 5.52 Å². The van der Waals surface area contributed by atoms with Crippen LogP contribution in [0.15, 0.2) is 47.2 Å². The van der Waals surface area contributed by atoms with Crippen molar-refractivity contribution in [3.05, 3.63) is 58.5 Å². The number of anilines is 1. The van der Waals surface area contributed by atoms with Gasteiger partial charge in [-0.1, -0.05) is 48.0 Å². The van der Waals surface area contributed by atoms with Gasteiger partial charge in [0.15, 0.2) is 5.82 Å². The minimum absolute atomic E-state index is 0.404. The summed E-state index contributed by atoms with van der Waals surface area (Å²) in [6.45, 7) is 5.00. The lowest BCUT2D eigenvalue weighted by molar-refractivity contribution is 0.787. The maximum absolute atomic E-state index is 4.57. The van der Waals surface area contributed by atoms with E-state index in [4.69, 9.17) is 0 Å². The van der Waals surface area contributed by atoms with Gasteiger partial charge in [-0.15, -0.1) is 0 Å². The lowest BCUT2D eigenvalue weighted by Crippen LogP contribution is -2.03. The number of rotatable bonds is 4.